The topological polar surface area (TPSA) is 17.1 Å². The van der Waals surface area contributed by atoms with Crippen molar-refractivity contribution >= 4 is 13.1 Å². The summed E-state index contributed by atoms with van der Waals surface area (Å²) in [6, 6.07) is 9.61. The Bertz CT molecular complexity index is 242. The van der Waals surface area contributed by atoms with Crippen molar-refractivity contribution < 1.29 is 4.57 Å². The van der Waals surface area contributed by atoms with Gasteiger partial charge in [0.15, 0.2) is 11.0 Å². The summed E-state index contributed by atoms with van der Waals surface area (Å²) in [6.07, 6.45) is 0. The van der Waals surface area contributed by atoms with E-state index in [0.29, 0.717) is 0 Å². The number of hydrogen-bond acceptors (Lipinski definition) is 1. The second-order valence-electron chi connectivity index (χ2n) is 2.76. The van der Waals surface area contributed by atoms with E-state index in [0.717, 1.165) is 5.30 Å². The van der Waals surface area contributed by atoms with Crippen LogP contribution in [-0.4, -0.2) is 5.66 Å². The first kappa shape index (κ1) is 12.3. The van der Waals surface area contributed by atoms with E-state index in [-0.39, 0.29) is 5.66 Å². The van der Waals surface area contributed by atoms with Crippen molar-refractivity contribution in [2.24, 2.45) is 0 Å². The molecule has 1 aromatic carbocycles. The van der Waals surface area contributed by atoms with Crippen molar-refractivity contribution in [2.45, 2.75) is 33.4 Å². The number of hydrogen-bond donors (Lipinski definition) is 0. The molecule has 72 valence electrons. The highest BCUT2D eigenvalue weighted by Crippen LogP contribution is 2.25. The van der Waals surface area contributed by atoms with E-state index in [4.69, 9.17) is 0 Å². The lowest BCUT2D eigenvalue weighted by atomic mass is 10.4. The van der Waals surface area contributed by atoms with Crippen LogP contribution in [0.15, 0.2) is 30.3 Å². The minimum Gasteiger partial charge on any atom is -0.0683 e. The van der Waals surface area contributed by atoms with E-state index < -0.39 is 7.80 Å². The summed E-state index contributed by atoms with van der Waals surface area (Å²) in [5.74, 6) is 0. The molecule has 0 N–H and O–H groups in total. The molecule has 0 saturated carbocycles. The van der Waals surface area contributed by atoms with Gasteiger partial charge in [-0.25, -0.2) is 0 Å². The average molecular weight is 197 g/mol. The van der Waals surface area contributed by atoms with Crippen LogP contribution in [0.4, 0.5) is 0 Å². The fraction of sp³-hybridized carbons (Fsp3) is 0.455. The quantitative estimate of drug-likeness (QED) is 0.662. The number of benzene rings is 1. The SMILES string of the molecule is CC.CC(C)[P+](=O)c1ccccc1. The Labute approximate surface area is 82.0 Å². The van der Waals surface area contributed by atoms with E-state index in [1.807, 2.05) is 58.0 Å². The van der Waals surface area contributed by atoms with Gasteiger partial charge in [-0.1, -0.05) is 36.6 Å². The largest absolute Gasteiger partial charge is 0.379 e. The maximum Gasteiger partial charge on any atom is 0.379 e. The molecule has 0 amide bonds. The van der Waals surface area contributed by atoms with Gasteiger partial charge in [0, 0.05) is 0 Å². The monoisotopic (exact) mass is 197 g/mol. The zero-order chi connectivity index (χ0) is 10.3. The Hall–Kier alpha value is -0.680. The molecule has 0 heterocycles. The molecule has 13 heavy (non-hydrogen) atoms. The molecule has 0 spiro atoms. The first-order valence-electron chi connectivity index (χ1n) is 4.73. The fourth-order valence-electron chi connectivity index (χ4n) is 0.873. The molecule has 2 heteroatoms. The van der Waals surface area contributed by atoms with E-state index in [9.17, 15) is 4.57 Å². The van der Waals surface area contributed by atoms with Crippen LogP contribution in [0.2, 0.25) is 0 Å². The predicted octanol–water partition coefficient (Wildman–Crippen LogP) is 3.57. The Morgan fingerprint density at radius 3 is 1.92 bits per heavy atom. The predicted molar refractivity (Wildman–Crippen MR) is 60.2 cm³/mol. The third kappa shape index (κ3) is 4.19. The fourth-order valence-corrected chi connectivity index (χ4v) is 1.94. The van der Waals surface area contributed by atoms with Gasteiger partial charge in [-0.2, -0.15) is 0 Å². The number of rotatable bonds is 2. The van der Waals surface area contributed by atoms with Crippen LogP contribution in [0.1, 0.15) is 27.7 Å². The molecule has 0 aromatic heterocycles. The summed E-state index contributed by atoms with van der Waals surface area (Å²) in [7, 11) is -1.18. The molecule has 0 aliphatic rings. The van der Waals surface area contributed by atoms with Crippen molar-refractivity contribution in [3.8, 4) is 0 Å². The van der Waals surface area contributed by atoms with Crippen molar-refractivity contribution in [1.82, 2.24) is 0 Å². The van der Waals surface area contributed by atoms with Crippen LogP contribution in [0.3, 0.4) is 0 Å². The highest BCUT2D eigenvalue weighted by Gasteiger charge is 2.22. The normalized spacial score (nSPS) is 10.4. The van der Waals surface area contributed by atoms with Crippen molar-refractivity contribution in [3.63, 3.8) is 0 Å². The summed E-state index contributed by atoms with van der Waals surface area (Å²) in [5.41, 5.74) is 0.243. The van der Waals surface area contributed by atoms with E-state index >= 15 is 0 Å². The Morgan fingerprint density at radius 1 is 1.08 bits per heavy atom. The lowest BCUT2D eigenvalue weighted by Crippen LogP contribution is -2.00. The maximum absolute atomic E-state index is 11.5. The van der Waals surface area contributed by atoms with Gasteiger partial charge in [-0.05, 0) is 26.0 Å². The van der Waals surface area contributed by atoms with Gasteiger partial charge >= 0.3 is 7.80 Å². The van der Waals surface area contributed by atoms with Crippen LogP contribution in [0.25, 0.3) is 0 Å². The van der Waals surface area contributed by atoms with Crippen LogP contribution < -0.4 is 5.30 Å². The first-order chi connectivity index (χ1) is 6.22. The van der Waals surface area contributed by atoms with Crippen LogP contribution >= 0.6 is 7.80 Å². The molecular weight excluding hydrogens is 179 g/mol. The maximum atomic E-state index is 11.5. The lowest BCUT2D eigenvalue weighted by molar-refractivity contribution is 0.588. The third-order valence-corrected chi connectivity index (χ3v) is 3.22. The first-order valence-corrected chi connectivity index (χ1v) is 6.06. The van der Waals surface area contributed by atoms with E-state index in [1.54, 1.807) is 0 Å². The average Bonchev–Trinajstić information content (AvgIpc) is 2.21. The highest BCUT2D eigenvalue weighted by atomic mass is 31.1. The molecule has 0 saturated heterocycles. The summed E-state index contributed by atoms with van der Waals surface area (Å²) in [4.78, 5) is 0. The van der Waals surface area contributed by atoms with Gasteiger partial charge in [0.2, 0.25) is 0 Å². The molecule has 1 aromatic rings. The summed E-state index contributed by atoms with van der Waals surface area (Å²) < 4.78 is 11.5. The Morgan fingerprint density at radius 2 is 1.54 bits per heavy atom. The van der Waals surface area contributed by atoms with Gasteiger partial charge in [-0.3, -0.25) is 0 Å². The molecule has 0 bridgehead atoms. The summed E-state index contributed by atoms with van der Waals surface area (Å²) >= 11 is 0. The van der Waals surface area contributed by atoms with Crippen LogP contribution in [0.5, 0.6) is 0 Å². The van der Waals surface area contributed by atoms with Crippen molar-refractivity contribution in [1.29, 1.82) is 0 Å². The van der Waals surface area contributed by atoms with Gasteiger partial charge < -0.3 is 0 Å². The smallest absolute Gasteiger partial charge is 0.0683 e. The Balaban J connectivity index is 0.000000671. The molecule has 0 fully saturated rings. The van der Waals surface area contributed by atoms with Crippen molar-refractivity contribution in [3.05, 3.63) is 30.3 Å². The van der Waals surface area contributed by atoms with Crippen LogP contribution in [0, 0.1) is 0 Å². The standard InChI is InChI=1S/C9H12OP.C2H6/c1-8(2)11(10)9-6-4-3-5-7-9;1-2/h3-8H,1-2H3;1-2H3/q+1;. The summed E-state index contributed by atoms with van der Waals surface area (Å²) in [5, 5.41) is 0.956. The second-order valence-corrected chi connectivity index (χ2v) is 4.96. The molecule has 1 rings (SSSR count). The van der Waals surface area contributed by atoms with Gasteiger partial charge in [-0.15, -0.1) is 0 Å². The summed E-state index contributed by atoms with van der Waals surface area (Å²) in [6.45, 7) is 7.96. The zero-order valence-electron chi connectivity index (χ0n) is 8.82. The molecule has 1 unspecified atom stereocenters. The van der Waals surface area contributed by atoms with Crippen LogP contribution in [-0.2, 0) is 4.57 Å². The zero-order valence-corrected chi connectivity index (χ0v) is 9.71. The van der Waals surface area contributed by atoms with Crippen molar-refractivity contribution in [2.75, 3.05) is 0 Å². The lowest BCUT2D eigenvalue weighted by Gasteiger charge is -1.89. The molecular formula is C11H18OP+. The van der Waals surface area contributed by atoms with E-state index in [2.05, 4.69) is 0 Å². The van der Waals surface area contributed by atoms with Gasteiger partial charge in [0.1, 0.15) is 0 Å². The molecule has 1 atom stereocenters. The highest BCUT2D eigenvalue weighted by molar-refractivity contribution is 7.54. The molecule has 0 aliphatic carbocycles. The minimum atomic E-state index is -1.18. The third-order valence-electron chi connectivity index (χ3n) is 1.48. The molecule has 1 nitrogen and oxygen atoms in total. The van der Waals surface area contributed by atoms with Gasteiger partial charge in [0.05, 0.1) is 0 Å². The van der Waals surface area contributed by atoms with E-state index in [1.165, 1.54) is 0 Å². The second kappa shape index (κ2) is 6.80. The minimum absolute atomic E-state index is 0.243. The Kier molecular flexibility index (Phi) is 6.44. The van der Waals surface area contributed by atoms with Gasteiger partial charge in [0.25, 0.3) is 0 Å². The molecule has 0 aliphatic heterocycles. The molecule has 0 radical (unpaired) electrons.